The van der Waals surface area contributed by atoms with Crippen molar-refractivity contribution in [1.82, 2.24) is 25.1 Å². The summed E-state index contributed by atoms with van der Waals surface area (Å²) < 4.78 is 6.86. The Balaban J connectivity index is 1.37. The van der Waals surface area contributed by atoms with Crippen LogP contribution in [0.25, 0.3) is 5.65 Å². The molecule has 2 aromatic heterocycles. The zero-order valence-corrected chi connectivity index (χ0v) is 17.3. The van der Waals surface area contributed by atoms with Crippen LogP contribution in [0.5, 0.6) is 5.75 Å². The quantitative estimate of drug-likeness (QED) is 0.441. The lowest BCUT2D eigenvalue weighted by Gasteiger charge is -2.06. The molecule has 0 aliphatic carbocycles. The van der Waals surface area contributed by atoms with Gasteiger partial charge in [0.2, 0.25) is 0 Å². The van der Waals surface area contributed by atoms with Gasteiger partial charge in [0, 0.05) is 24.3 Å². The van der Waals surface area contributed by atoms with E-state index in [2.05, 4.69) is 32.7 Å². The van der Waals surface area contributed by atoms with Crippen molar-refractivity contribution in [1.29, 1.82) is 0 Å². The Hall–Kier alpha value is -3.39. The number of thioether (sulfide) groups is 1. The number of amides is 1. The van der Waals surface area contributed by atoms with E-state index in [4.69, 9.17) is 4.74 Å². The van der Waals surface area contributed by atoms with E-state index in [0.717, 1.165) is 10.8 Å². The zero-order chi connectivity index (χ0) is 20.8. The largest absolute Gasteiger partial charge is 0.497 e. The monoisotopic (exact) mass is 419 g/mol. The number of fused-ring (bicyclic) bond motifs is 1. The predicted octanol–water partition coefficient (Wildman–Crippen LogP) is 3.40. The Labute approximate surface area is 178 Å². The van der Waals surface area contributed by atoms with Crippen molar-refractivity contribution >= 4 is 23.3 Å². The predicted molar refractivity (Wildman–Crippen MR) is 116 cm³/mol. The van der Waals surface area contributed by atoms with Gasteiger partial charge >= 0.3 is 0 Å². The van der Waals surface area contributed by atoms with Crippen molar-refractivity contribution in [2.24, 2.45) is 0 Å². The van der Waals surface area contributed by atoms with E-state index in [0.29, 0.717) is 35.8 Å². The first-order chi connectivity index (χ1) is 14.7. The number of hydrogen-bond donors (Lipinski definition) is 1. The Morgan fingerprint density at radius 2 is 1.83 bits per heavy atom. The SMILES string of the molecule is COc1ccc(C(=O)NCCc2nnc3ccc(SCc4ccccc4)nn23)cc1. The van der Waals surface area contributed by atoms with Crippen molar-refractivity contribution < 1.29 is 9.53 Å². The molecule has 30 heavy (non-hydrogen) atoms. The number of carbonyl (C=O) groups is 1. The number of hydrogen-bond acceptors (Lipinski definition) is 6. The van der Waals surface area contributed by atoms with Crippen LogP contribution in [-0.4, -0.2) is 39.4 Å². The molecule has 0 aliphatic rings. The first-order valence-electron chi connectivity index (χ1n) is 9.53. The third kappa shape index (κ3) is 4.77. The molecule has 0 saturated carbocycles. The highest BCUT2D eigenvalue weighted by Crippen LogP contribution is 2.21. The molecule has 0 atom stereocenters. The minimum atomic E-state index is -0.140. The summed E-state index contributed by atoms with van der Waals surface area (Å²) in [6, 6.07) is 21.1. The number of aromatic nitrogens is 4. The van der Waals surface area contributed by atoms with E-state index in [1.807, 2.05) is 30.3 Å². The van der Waals surface area contributed by atoms with Crippen molar-refractivity contribution in [2.75, 3.05) is 13.7 Å². The smallest absolute Gasteiger partial charge is 0.251 e. The summed E-state index contributed by atoms with van der Waals surface area (Å²) in [4.78, 5) is 12.3. The van der Waals surface area contributed by atoms with Gasteiger partial charge in [0.05, 0.1) is 7.11 Å². The average molecular weight is 420 g/mol. The fourth-order valence-electron chi connectivity index (χ4n) is 2.91. The molecule has 8 heteroatoms. The summed E-state index contributed by atoms with van der Waals surface area (Å²) >= 11 is 1.66. The minimum absolute atomic E-state index is 0.140. The summed E-state index contributed by atoms with van der Waals surface area (Å²) in [6.45, 7) is 0.439. The highest BCUT2D eigenvalue weighted by Gasteiger charge is 2.10. The van der Waals surface area contributed by atoms with Gasteiger partial charge in [0.1, 0.15) is 10.8 Å². The van der Waals surface area contributed by atoms with Gasteiger partial charge < -0.3 is 10.1 Å². The van der Waals surface area contributed by atoms with E-state index in [1.54, 1.807) is 47.7 Å². The van der Waals surface area contributed by atoms with Gasteiger partial charge in [-0.15, -0.1) is 10.2 Å². The lowest BCUT2D eigenvalue weighted by molar-refractivity contribution is 0.0954. The topological polar surface area (TPSA) is 81.4 Å². The van der Waals surface area contributed by atoms with Gasteiger partial charge in [-0.05, 0) is 42.0 Å². The van der Waals surface area contributed by atoms with E-state index in [1.165, 1.54) is 5.56 Å². The van der Waals surface area contributed by atoms with Gasteiger partial charge in [0.15, 0.2) is 11.5 Å². The molecular weight excluding hydrogens is 398 g/mol. The number of rotatable bonds is 8. The fraction of sp³-hybridized carbons (Fsp3) is 0.182. The first kappa shape index (κ1) is 19.9. The maximum Gasteiger partial charge on any atom is 0.251 e. The zero-order valence-electron chi connectivity index (χ0n) is 16.5. The maximum absolute atomic E-state index is 12.3. The van der Waals surface area contributed by atoms with Crippen LogP contribution in [0.2, 0.25) is 0 Å². The van der Waals surface area contributed by atoms with Crippen LogP contribution in [-0.2, 0) is 12.2 Å². The first-order valence-corrected chi connectivity index (χ1v) is 10.5. The van der Waals surface area contributed by atoms with Crippen LogP contribution >= 0.6 is 11.8 Å². The number of nitrogens with zero attached hydrogens (tertiary/aromatic N) is 4. The lowest BCUT2D eigenvalue weighted by atomic mass is 10.2. The molecule has 152 valence electrons. The van der Waals surface area contributed by atoms with Gasteiger partial charge in [-0.3, -0.25) is 4.79 Å². The molecule has 0 spiro atoms. The second-order valence-electron chi connectivity index (χ2n) is 6.57. The van der Waals surface area contributed by atoms with Gasteiger partial charge in [-0.1, -0.05) is 42.1 Å². The summed E-state index contributed by atoms with van der Waals surface area (Å²) in [5, 5.41) is 16.8. The molecule has 0 saturated heterocycles. The van der Waals surface area contributed by atoms with Crippen molar-refractivity contribution in [3.05, 3.63) is 83.7 Å². The van der Waals surface area contributed by atoms with E-state index >= 15 is 0 Å². The molecule has 2 aromatic carbocycles. The van der Waals surface area contributed by atoms with E-state index in [9.17, 15) is 4.79 Å². The number of methoxy groups -OCH3 is 1. The van der Waals surface area contributed by atoms with Crippen LogP contribution in [0.4, 0.5) is 0 Å². The second-order valence-corrected chi connectivity index (χ2v) is 7.56. The highest BCUT2D eigenvalue weighted by molar-refractivity contribution is 7.98. The summed E-state index contributed by atoms with van der Waals surface area (Å²) in [6.07, 6.45) is 0.531. The van der Waals surface area contributed by atoms with Gasteiger partial charge in [-0.2, -0.15) is 9.61 Å². The van der Waals surface area contributed by atoms with Crippen molar-refractivity contribution in [3.63, 3.8) is 0 Å². The number of nitrogens with one attached hydrogen (secondary N) is 1. The molecule has 4 aromatic rings. The molecule has 0 fully saturated rings. The Morgan fingerprint density at radius 3 is 2.60 bits per heavy atom. The van der Waals surface area contributed by atoms with Crippen LogP contribution in [0.1, 0.15) is 21.7 Å². The minimum Gasteiger partial charge on any atom is -0.497 e. The lowest BCUT2D eigenvalue weighted by Crippen LogP contribution is -2.26. The molecular formula is C22H21N5O2S. The molecule has 0 unspecified atom stereocenters. The average Bonchev–Trinajstić information content (AvgIpc) is 3.20. The second kappa shape index (κ2) is 9.41. The maximum atomic E-state index is 12.3. The van der Waals surface area contributed by atoms with Crippen LogP contribution < -0.4 is 10.1 Å². The third-order valence-corrected chi connectivity index (χ3v) is 5.51. The van der Waals surface area contributed by atoms with Crippen molar-refractivity contribution in [2.45, 2.75) is 17.2 Å². The normalized spacial score (nSPS) is 10.8. The summed E-state index contributed by atoms with van der Waals surface area (Å²) in [7, 11) is 1.59. The molecule has 4 rings (SSSR count). The fourth-order valence-corrected chi connectivity index (χ4v) is 3.72. The molecule has 7 nitrogen and oxygen atoms in total. The van der Waals surface area contributed by atoms with Crippen LogP contribution in [0.3, 0.4) is 0 Å². The summed E-state index contributed by atoms with van der Waals surface area (Å²) in [5.41, 5.74) is 2.52. The summed E-state index contributed by atoms with van der Waals surface area (Å²) in [5.74, 6) is 2.13. The van der Waals surface area contributed by atoms with Crippen LogP contribution in [0, 0.1) is 0 Å². The molecule has 2 heterocycles. The Kier molecular flexibility index (Phi) is 6.24. The number of carbonyl (C=O) groups excluding carboxylic acids is 1. The Morgan fingerprint density at radius 1 is 1.03 bits per heavy atom. The standard InChI is InChI=1S/C22H21N5O2S/c1-29-18-9-7-17(8-10-18)22(28)23-14-13-20-25-24-19-11-12-21(26-27(19)20)30-15-16-5-3-2-4-6-16/h2-12H,13-15H2,1H3,(H,23,28). The van der Waals surface area contributed by atoms with E-state index < -0.39 is 0 Å². The molecule has 0 bridgehead atoms. The van der Waals surface area contributed by atoms with E-state index in [-0.39, 0.29) is 5.91 Å². The van der Waals surface area contributed by atoms with Crippen molar-refractivity contribution in [3.8, 4) is 5.75 Å². The number of ether oxygens (including phenoxy) is 1. The molecule has 0 radical (unpaired) electrons. The highest BCUT2D eigenvalue weighted by atomic mass is 32.2. The molecule has 1 N–H and O–H groups in total. The molecule has 0 aliphatic heterocycles. The molecule has 1 amide bonds. The van der Waals surface area contributed by atoms with Gasteiger partial charge in [0.25, 0.3) is 5.91 Å². The number of benzene rings is 2. The third-order valence-electron chi connectivity index (χ3n) is 4.52. The van der Waals surface area contributed by atoms with Crippen LogP contribution in [0.15, 0.2) is 71.8 Å². The Bertz CT molecular complexity index is 1130. The van der Waals surface area contributed by atoms with Gasteiger partial charge in [-0.25, -0.2) is 0 Å².